The van der Waals surface area contributed by atoms with Crippen LogP contribution in [0.15, 0.2) is 29.4 Å². The maximum Gasteiger partial charge on any atom is 0.166 e. The molecule has 1 aliphatic rings. The van der Waals surface area contributed by atoms with Gasteiger partial charge in [0.25, 0.3) is 0 Å². The quantitative estimate of drug-likeness (QED) is 0.910. The summed E-state index contributed by atoms with van der Waals surface area (Å²) in [6.45, 7) is 0. The number of thioether (sulfide) groups is 1. The van der Waals surface area contributed by atoms with Crippen molar-refractivity contribution in [2.75, 3.05) is 7.05 Å². The molecule has 1 heterocycles. The van der Waals surface area contributed by atoms with E-state index in [4.69, 9.17) is 0 Å². The lowest BCUT2D eigenvalue weighted by Gasteiger charge is -2.34. The van der Waals surface area contributed by atoms with Crippen molar-refractivity contribution in [2.45, 2.75) is 41.6 Å². The lowest BCUT2D eigenvalue weighted by molar-refractivity contribution is 0.323. The van der Waals surface area contributed by atoms with Crippen molar-refractivity contribution in [3.8, 4) is 6.07 Å². The van der Waals surface area contributed by atoms with E-state index >= 15 is 0 Å². The third kappa shape index (κ3) is 2.54. The molecule has 2 unspecified atom stereocenters. The highest BCUT2D eigenvalue weighted by atomic mass is 32.2. The summed E-state index contributed by atoms with van der Waals surface area (Å²) in [6, 6.07) is 10.5. The van der Waals surface area contributed by atoms with Crippen LogP contribution in [0.5, 0.6) is 0 Å². The first-order valence-electron chi connectivity index (χ1n) is 6.96. The van der Waals surface area contributed by atoms with Crippen LogP contribution >= 0.6 is 11.8 Å². The molecule has 2 atom stereocenters. The minimum atomic E-state index is -0.359. The van der Waals surface area contributed by atoms with Gasteiger partial charge in [0.05, 0.1) is 17.1 Å². The number of aromatic nitrogens is 2. The number of nitriles is 1. The Hall–Kier alpha value is -1.51. The molecule has 0 spiro atoms. The van der Waals surface area contributed by atoms with Gasteiger partial charge in [0.2, 0.25) is 0 Å². The molecule has 4 nitrogen and oxygen atoms in total. The van der Waals surface area contributed by atoms with Gasteiger partial charge in [-0.25, -0.2) is 4.98 Å². The molecule has 5 heteroatoms. The Morgan fingerprint density at radius 2 is 2.35 bits per heavy atom. The molecular formula is C15H18N4S. The molecule has 0 bridgehead atoms. The van der Waals surface area contributed by atoms with E-state index in [-0.39, 0.29) is 5.54 Å². The van der Waals surface area contributed by atoms with Crippen LogP contribution in [0, 0.1) is 11.3 Å². The van der Waals surface area contributed by atoms with Crippen LogP contribution in [-0.2, 0) is 0 Å². The number of nitrogens with one attached hydrogen (secondary N) is 2. The highest BCUT2D eigenvalue weighted by molar-refractivity contribution is 7.99. The molecule has 1 aromatic carbocycles. The van der Waals surface area contributed by atoms with Gasteiger partial charge in [-0.15, -0.1) is 0 Å². The van der Waals surface area contributed by atoms with Gasteiger partial charge in [0.1, 0.15) is 5.54 Å². The van der Waals surface area contributed by atoms with E-state index in [2.05, 4.69) is 21.4 Å². The molecule has 2 N–H and O–H groups in total. The van der Waals surface area contributed by atoms with Crippen molar-refractivity contribution in [1.82, 2.24) is 15.3 Å². The zero-order chi connectivity index (χ0) is 14.0. The summed E-state index contributed by atoms with van der Waals surface area (Å²) >= 11 is 1.77. The van der Waals surface area contributed by atoms with Crippen molar-refractivity contribution >= 4 is 22.8 Å². The summed E-state index contributed by atoms with van der Waals surface area (Å²) in [5.41, 5.74) is 1.72. The van der Waals surface area contributed by atoms with Crippen molar-refractivity contribution in [3.63, 3.8) is 0 Å². The van der Waals surface area contributed by atoms with Crippen LogP contribution in [0.4, 0.5) is 0 Å². The summed E-state index contributed by atoms with van der Waals surface area (Å²) in [4.78, 5) is 7.97. The molecule has 1 aromatic heterocycles. The Morgan fingerprint density at radius 3 is 3.10 bits per heavy atom. The number of benzene rings is 1. The SMILES string of the molecule is CNC1(C#N)CCCC(Sc2nc3ccccc3[nH]2)C1. The number of imidazole rings is 1. The smallest absolute Gasteiger partial charge is 0.166 e. The molecule has 0 saturated heterocycles. The van der Waals surface area contributed by atoms with Gasteiger partial charge in [-0.2, -0.15) is 5.26 Å². The first-order valence-corrected chi connectivity index (χ1v) is 7.84. The molecule has 1 fully saturated rings. The Labute approximate surface area is 123 Å². The first-order chi connectivity index (χ1) is 9.74. The molecule has 0 amide bonds. The fraction of sp³-hybridized carbons (Fsp3) is 0.467. The molecule has 0 radical (unpaired) electrons. The number of fused-ring (bicyclic) bond motifs is 1. The summed E-state index contributed by atoms with van der Waals surface area (Å²) in [6.07, 6.45) is 4.05. The van der Waals surface area contributed by atoms with Crippen LogP contribution in [0.25, 0.3) is 11.0 Å². The van der Waals surface area contributed by atoms with E-state index in [9.17, 15) is 5.26 Å². The number of hydrogen-bond donors (Lipinski definition) is 2. The average molecular weight is 286 g/mol. The van der Waals surface area contributed by atoms with Gasteiger partial charge < -0.3 is 10.3 Å². The summed E-state index contributed by atoms with van der Waals surface area (Å²) in [5, 5.41) is 14.0. The topological polar surface area (TPSA) is 64.5 Å². The standard InChI is InChI=1S/C15H18N4S/c1-17-15(10-16)8-4-5-11(9-15)20-14-18-12-6-2-3-7-13(12)19-14/h2-3,6-7,11,17H,4-5,8-9H2,1H3,(H,18,19). The Morgan fingerprint density at radius 1 is 1.50 bits per heavy atom. The Kier molecular flexibility index (Phi) is 3.68. The van der Waals surface area contributed by atoms with Crippen molar-refractivity contribution in [1.29, 1.82) is 5.26 Å². The number of nitrogens with zero attached hydrogens (tertiary/aromatic N) is 2. The highest BCUT2D eigenvalue weighted by Crippen LogP contribution is 2.37. The molecule has 1 saturated carbocycles. The van der Waals surface area contributed by atoms with Gasteiger partial charge in [-0.1, -0.05) is 23.9 Å². The van der Waals surface area contributed by atoms with Crippen molar-refractivity contribution in [2.24, 2.45) is 0 Å². The van der Waals surface area contributed by atoms with E-state index in [1.807, 2.05) is 31.3 Å². The van der Waals surface area contributed by atoms with E-state index in [0.717, 1.165) is 41.9 Å². The normalized spacial score (nSPS) is 26.5. The number of hydrogen-bond acceptors (Lipinski definition) is 4. The first kappa shape index (κ1) is 13.5. The van der Waals surface area contributed by atoms with Crippen LogP contribution in [0.3, 0.4) is 0 Å². The molecule has 0 aliphatic heterocycles. The predicted molar refractivity (Wildman–Crippen MR) is 81.6 cm³/mol. The maximum absolute atomic E-state index is 9.39. The largest absolute Gasteiger partial charge is 0.333 e. The average Bonchev–Trinajstić information content (AvgIpc) is 2.89. The molecular weight excluding hydrogens is 268 g/mol. The number of H-pyrrole nitrogens is 1. The third-order valence-electron chi connectivity index (χ3n) is 4.04. The zero-order valence-corrected chi connectivity index (χ0v) is 12.3. The number of aromatic amines is 1. The second-order valence-corrected chi connectivity index (χ2v) is 6.63. The van der Waals surface area contributed by atoms with Gasteiger partial charge in [-0.3, -0.25) is 0 Å². The van der Waals surface area contributed by atoms with Crippen molar-refractivity contribution < 1.29 is 0 Å². The van der Waals surface area contributed by atoms with E-state index in [0.29, 0.717) is 5.25 Å². The molecule has 1 aliphatic carbocycles. The van der Waals surface area contributed by atoms with E-state index in [1.165, 1.54) is 0 Å². The van der Waals surface area contributed by atoms with Gasteiger partial charge >= 0.3 is 0 Å². The van der Waals surface area contributed by atoms with Crippen LogP contribution in [0.1, 0.15) is 25.7 Å². The lowest BCUT2D eigenvalue weighted by Crippen LogP contribution is -2.46. The second kappa shape index (κ2) is 5.47. The number of para-hydroxylation sites is 2. The predicted octanol–water partition coefficient (Wildman–Crippen LogP) is 3.08. The van der Waals surface area contributed by atoms with Crippen LogP contribution in [-0.4, -0.2) is 27.8 Å². The zero-order valence-electron chi connectivity index (χ0n) is 11.5. The minimum absolute atomic E-state index is 0.359. The van der Waals surface area contributed by atoms with Crippen LogP contribution in [0.2, 0.25) is 0 Å². The molecule has 20 heavy (non-hydrogen) atoms. The minimum Gasteiger partial charge on any atom is -0.333 e. The van der Waals surface area contributed by atoms with Gasteiger partial charge in [0.15, 0.2) is 5.16 Å². The highest BCUT2D eigenvalue weighted by Gasteiger charge is 2.35. The van der Waals surface area contributed by atoms with E-state index in [1.54, 1.807) is 11.8 Å². The fourth-order valence-electron chi connectivity index (χ4n) is 2.85. The fourth-order valence-corrected chi connectivity index (χ4v) is 4.14. The van der Waals surface area contributed by atoms with E-state index < -0.39 is 0 Å². The summed E-state index contributed by atoms with van der Waals surface area (Å²) < 4.78 is 0. The Bertz CT molecular complexity index is 612. The van der Waals surface area contributed by atoms with Crippen LogP contribution < -0.4 is 5.32 Å². The lowest BCUT2D eigenvalue weighted by atomic mass is 9.83. The Balaban J connectivity index is 1.75. The van der Waals surface area contributed by atoms with Gasteiger partial charge in [0, 0.05) is 5.25 Å². The number of rotatable bonds is 3. The monoisotopic (exact) mass is 286 g/mol. The molecule has 3 rings (SSSR count). The second-order valence-electron chi connectivity index (χ2n) is 5.34. The van der Waals surface area contributed by atoms with Crippen molar-refractivity contribution in [3.05, 3.63) is 24.3 Å². The molecule has 2 aromatic rings. The summed E-state index contributed by atoms with van der Waals surface area (Å²) in [5.74, 6) is 0. The molecule has 104 valence electrons. The van der Waals surface area contributed by atoms with Gasteiger partial charge in [-0.05, 0) is 44.9 Å². The third-order valence-corrected chi connectivity index (χ3v) is 5.20. The summed E-state index contributed by atoms with van der Waals surface area (Å²) in [7, 11) is 1.89. The maximum atomic E-state index is 9.39.